The second kappa shape index (κ2) is 4.93. The highest BCUT2D eigenvalue weighted by molar-refractivity contribution is 8.01. The number of hydrogen-bond donors (Lipinski definition) is 1. The standard InChI is InChI=1S/C8H15N3S2/c1-4-7-10-8(13-11-7)12-6(3)5(2)9/h5-6H,4,9H2,1-3H3. The molecule has 3 nitrogen and oxygen atoms in total. The highest BCUT2D eigenvalue weighted by atomic mass is 32.2. The molecule has 0 radical (unpaired) electrons. The molecule has 0 aliphatic carbocycles. The first-order valence-electron chi connectivity index (χ1n) is 4.38. The topological polar surface area (TPSA) is 51.8 Å². The minimum absolute atomic E-state index is 0.193. The van der Waals surface area contributed by atoms with Crippen LogP contribution >= 0.6 is 23.3 Å². The summed E-state index contributed by atoms with van der Waals surface area (Å²) in [5.74, 6) is 0.935. The molecule has 2 atom stereocenters. The van der Waals surface area contributed by atoms with Crippen LogP contribution in [0.15, 0.2) is 4.34 Å². The fraction of sp³-hybridized carbons (Fsp3) is 0.750. The lowest BCUT2D eigenvalue weighted by atomic mass is 10.3. The zero-order valence-electron chi connectivity index (χ0n) is 8.15. The van der Waals surface area contributed by atoms with E-state index in [1.807, 2.05) is 6.92 Å². The summed E-state index contributed by atoms with van der Waals surface area (Å²) >= 11 is 3.17. The molecule has 0 aromatic carbocycles. The second-order valence-corrected chi connectivity index (χ2v) is 5.39. The molecule has 0 amide bonds. The van der Waals surface area contributed by atoms with Crippen LogP contribution in [0.25, 0.3) is 0 Å². The number of thioether (sulfide) groups is 1. The van der Waals surface area contributed by atoms with Crippen LogP contribution in [0, 0.1) is 0 Å². The predicted molar refractivity (Wildman–Crippen MR) is 58.3 cm³/mol. The van der Waals surface area contributed by atoms with Crippen LogP contribution in [0.1, 0.15) is 26.6 Å². The van der Waals surface area contributed by atoms with Crippen LogP contribution in [0.5, 0.6) is 0 Å². The first-order chi connectivity index (χ1) is 6.13. The van der Waals surface area contributed by atoms with Gasteiger partial charge in [0.05, 0.1) is 0 Å². The van der Waals surface area contributed by atoms with Gasteiger partial charge in [-0.2, -0.15) is 4.37 Å². The molecule has 0 aliphatic rings. The van der Waals surface area contributed by atoms with Gasteiger partial charge in [0, 0.05) is 17.7 Å². The van der Waals surface area contributed by atoms with E-state index in [9.17, 15) is 0 Å². The molecule has 2 unspecified atom stereocenters. The Kier molecular flexibility index (Phi) is 4.15. The van der Waals surface area contributed by atoms with E-state index in [0.717, 1.165) is 16.6 Å². The summed E-state index contributed by atoms with van der Waals surface area (Å²) < 4.78 is 5.25. The third-order valence-corrected chi connectivity index (χ3v) is 3.95. The lowest BCUT2D eigenvalue weighted by Crippen LogP contribution is -2.26. The van der Waals surface area contributed by atoms with Crippen molar-refractivity contribution in [2.45, 2.75) is 42.8 Å². The van der Waals surface area contributed by atoms with Gasteiger partial charge in [-0.3, -0.25) is 0 Å². The van der Waals surface area contributed by atoms with Gasteiger partial charge in [-0.15, -0.1) is 0 Å². The molecule has 0 fully saturated rings. The van der Waals surface area contributed by atoms with Gasteiger partial charge in [-0.05, 0) is 18.5 Å². The number of nitrogens with zero attached hydrogens (tertiary/aromatic N) is 2. The van der Waals surface area contributed by atoms with Crippen molar-refractivity contribution in [2.24, 2.45) is 5.73 Å². The molecule has 1 heterocycles. The number of aryl methyl sites for hydroxylation is 1. The van der Waals surface area contributed by atoms with Crippen LogP contribution < -0.4 is 5.73 Å². The van der Waals surface area contributed by atoms with Gasteiger partial charge in [0.25, 0.3) is 0 Å². The Morgan fingerprint density at radius 3 is 2.69 bits per heavy atom. The lowest BCUT2D eigenvalue weighted by Gasteiger charge is -2.11. The summed E-state index contributed by atoms with van der Waals surface area (Å²) in [7, 11) is 0. The Hall–Kier alpha value is -0.130. The summed E-state index contributed by atoms with van der Waals surface area (Å²) in [4.78, 5) is 4.37. The molecule has 0 spiro atoms. The minimum Gasteiger partial charge on any atom is -0.327 e. The average Bonchev–Trinajstić information content (AvgIpc) is 2.52. The van der Waals surface area contributed by atoms with Crippen LogP contribution in [0.3, 0.4) is 0 Å². The first kappa shape index (κ1) is 10.9. The summed E-state index contributed by atoms with van der Waals surface area (Å²) in [6.07, 6.45) is 0.906. The third-order valence-electron chi connectivity index (χ3n) is 1.79. The molecule has 0 saturated carbocycles. The predicted octanol–water partition coefficient (Wildman–Crippen LogP) is 1.93. The number of nitrogens with two attached hydrogens (primary N) is 1. The van der Waals surface area contributed by atoms with E-state index in [-0.39, 0.29) is 6.04 Å². The Labute approximate surface area is 87.3 Å². The monoisotopic (exact) mass is 217 g/mol. The van der Waals surface area contributed by atoms with Crippen LogP contribution in [-0.4, -0.2) is 20.6 Å². The largest absolute Gasteiger partial charge is 0.327 e. The van der Waals surface area contributed by atoms with Crippen molar-refractivity contribution in [2.75, 3.05) is 0 Å². The zero-order chi connectivity index (χ0) is 9.84. The SMILES string of the molecule is CCc1nsc(SC(C)C(C)N)n1. The summed E-state index contributed by atoms with van der Waals surface area (Å²) in [5, 5.41) is 0.401. The average molecular weight is 217 g/mol. The molecule has 74 valence electrons. The van der Waals surface area contributed by atoms with E-state index in [0.29, 0.717) is 5.25 Å². The van der Waals surface area contributed by atoms with Gasteiger partial charge >= 0.3 is 0 Å². The zero-order valence-corrected chi connectivity index (χ0v) is 9.78. The molecular formula is C8H15N3S2. The molecule has 0 bridgehead atoms. The molecule has 5 heteroatoms. The molecule has 1 aromatic rings. The Balaban J connectivity index is 2.53. The van der Waals surface area contributed by atoms with Crippen LogP contribution in [-0.2, 0) is 6.42 Å². The van der Waals surface area contributed by atoms with Gasteiger partial charge in [-0.1, -0.05) is 25.6 Å². The summed E-state index contributed by atoms with van der Waals surface area (Å²) in [5.41, 5.74) is 5.76. The summed E-state index contributed by atoms with van der Waals surface area (Å²) in [6, 6.07) is 0.193. The number of aromatic nitrogens is 2. The van der Waals surface area contributed by atoms with Crippen molar-refractivity contribution in [1.29, 1.82) is 0 Å². The fourth-order valence-corrected chi connectivity index (χ4v) is 2.63. The van der Waals surface area contributed by atoms with Crippen molar-refractivity contribution in [1.82, 2.24) is 9.36 Å². The molecule has 13 heavy (non-hydrogen) atoms. The molecule has 1 aromatic heterocycles. The Morgan fingerprint density at radius 2 is 2.23 bits per heavy atom. The Morgan fingerprint density at radius 1 is 1.54 bits per heavy atom. The van der Waals surface area contributed by atoms with Gasteiger partial charge < -0.3 is 5.73 Å². The number of hydrogen-bond acceptors (Lipinski definition) is 5. The molecule has 1 rings (SSSR count). The maximum absolute atomic E-state index is 5.76. The van der Waals surface area contributed by atoms with E-state index in [4.69, 9.17) is 5.73 Å². The summed E-state index contributed by atoms with van der Waals surface area (Å²) in [6.45, 7) is 6.19. The van der Waals surface area contributed by atoms with Crippen LogP contribution in [0.2, 0.25) is 0 Å². The van der Waals surface area contributed by atoms with E-state index >= 15 is 0 Å². The lowest BCUT2D eigenvalue weighted by molar-refractivity contribution is 0.730. The second-order valence-electron chi connectivity index (χ2n) is 3.01. The molecule has 0 saturated heterocycles. The first-order valence-corrected chi connectivity index (χ1v) is 6.03. The van der Waals surface area contributed by atoms with Crippen molar-refractivity contribution in [3.8, 4) is 0 Å². The maximum atomic E-state index is 5.76. The van der Waals surface area contributed by atoms with Gasteiger partial charge in [-0.25, -0.2) is 4.98 Å². The van der Waals surface area contributed by atoms with Crippen LogP contribution in [0.4, 0.5) is 0 Å². The minimum atomic E-state index is 0.193. The van der Waals surface area contributed by atoms with Gasteiger partial charge in [0.1, 0.15) is 5.82 Å². The highest BCUT2D eigenvalue weighted by Crippen LogP contribution is 2.26. The normalized spacial score (nSPS) is 15.7. The molecular weight excluding hydrogens is 202 g/mol. The van der Waals surface area contributed by atoms with Gasteiger partial charge in [0.15, 0.2) is 4.34 Å². The van der Waals surface area contributed by atoms with E-state index < -0.39 is 0 Å². The van der Waals surface area contributed by atoms with E-state index in [1.54, 1.807) is 11.8 Å². The molecule has 0 aliphatic heterocycles. The van der Waals surface area contributed by atoms with E-state index in [1.165, 1.54) is 11.5 Å². The fourth-order valence-electron chi connectivity index (χ4n) is 0.696. The van der Waals surface area contributed by atoms with E-state index in [2.05, 4.69) is 23.2 Å². The number of rotatable bonds is 4. The highest BCUT2D eigenvalue weighted by Gasteiger charge is 2.12. The maximum Gasteiger partial charge on any atom is 0.170 e. The van der Waals surface area contributed by atoms with Crippen molar-refractivity contribution in [3.63, 3.8) is 0 Å². The molecule has 2 N–H and O–H groups in total. The quantitative estimate of drug-likeness (QED) is 0.783. The van der Waals surface area contributed by atoms with Crippen molar-refractivity contribution >= 4 is 23.3 Å². The third kappa shape index (κ3) is 3.25. The van der Waals surface area contributed by atoms with Crippen molar-refractivity contribution in [3.05, 3.63) is 5.82 Å². The smallest absolute Gasteiger partial charge is 0.170 e. The van der Waals surface area contributed by atoms with Gasteiger partial charge in [0.2, 0.25) is 0 Å². The Bertz CT molecular complexity index is 260. The van der Waals surface area contributed by atoms with Crippen molar-refractivity contribution < 1.29 is 0 Å².